The lowest BCUT2D eigenvalue weighted by atomic mass is 10.1. The number of rotatable bonds is 6. The second kappa shape index (κ2) is 8.25. The highest BCUT2D eigenvalue weighted by Gasteiger charge is 2.10. The number of nitrogens with one attached hydrogen (secondary N) is 2. The molecule has 1 aromatic heterocycles. The summed E-state index contributed by atoms with van der Waals surface area (Å²) < 4.78 is 13.6. The molecule has 0 aliphatic heterocycles. The number of aromatic nitrogens is 1. The van der Waals surface area contributed by atoms with Crippen molar-refractivity contribution < 1.29 is 9.18 Å². The second-order valence-electron chi connectivity index (χ2n) is 5.84. The van der Waals surface area contributed by atoms with Crippen LogP contribution < -0.4 is 10.6 Å². The van der Waals surface area contributed by atoms with E-state index in [-0.39, 0.29) is 11.7 Å². The van der Waals surface area contributed by atoms with Crippen LogP contribution in [0.15, 0.2) is 66.9 Å². The highest BCUT2D eigenvalue weighted by Crippen LogP contribution is 2.17. The number of hydrogen-bond donors (Lipinski definition) is 2. The first-order chi connectivity index (χ1) is 12.7. The van der Waals surface area contributed by atoms with Crippen LogP contribution in [0.4, 0.5) is 15.8 Å². The molecule has 132 valence electrons. The monoisotopic (exact) mass is 349 g/mol. The third kappa shape index (κ3) is 4.25. The maximum absolute atomic E-state index is 13.6. The Morgan fingerprint density at radius 1 is 1.00 bits per heavy atom. The Balaban J connectivity index is 1.63. The van der Waals surface area contributed by atoms with Crippen LogP contribution in [-0.4, -0.2) is 10.9 Å². The molecule has 0 fully saturated rings. The van der Waals surface area contributed by atoms with Gasteiger partial charge < -0.3 is 10.6 Å². The molecule has 0 aliphatic carbocycles. The predicted octanol–water partition coefficient (Wildman–Crippen LogP) is 4.65. The van der Waals surface area contributed by atoms with E-state index in [2.05, 4.69) is 15.6 Å². The summed E-state index contributed by atoms with van der Waals surface area (Å²) in [6.45, 7) is 2.39. The largest absolute Gasteiger partial charge is 0.380 e. The smallest absolute Gasteiger partial charge is 0.274 e. The average Bonchev–Trinajstić information content (AvgIpc) is 2.68. The molecule has 0 saturated carbocycles. The Kier molecular flexibility index (Phi) is 5.59. The fourth-order valence-electron chi connectivity index (χ4n) is 2.61. The van der Waals surface area contributed by atoms with Gasteiger partial charge in [0.25, 0.3) is 5.91 Å². The number of amides is 1. The maximum atomic E-state index is 13.6. The molecule has 0 atom stereocenters. The molecular weight excluding hydrogens is 329 g/mol. The fourth-order valence-corrected chi connectivity index (χ4v) is 2.61. The van der Waals surface area contributed by atoms with E-state index in [4.69, 9.17) is 0 Å². The van der Waals surface area contributed by atoms with Crippen molar-refractivity contribution in [3.63, 3.8) is 0 Å². The molecule has 5 heteroatoms. The first kappa shape index (κ1) is 17.6. The summed E-state index contributed by atoms with van der Waals surface area (Å²) >= 11 is 0. The van der Waals surface area contributed by atoms with Gasteiger partial charge in [0.15, 0.2) is 0 Å². The van der Waals surface area contributed by atoms with Crippen LogP contribution in [0.5, 0.6) is 0 Å². The van der Waals surface area contributed by atoms with Crippen molar-refractivity contribution in [3.8, 4) is 0 Å². The first-order valence-electron chi connectivity index (χ1n) is 8.50. The third-order valence-electron chi connectivity index (χ3n) is 4.08. The highest BCUT2D eigenvalue weighted by atomic mass is 19.1. The Labute approximate surface area is 152 Å². The zero-order valence-electron chi connectivity index (χ0n) is 14.5. The van der Waals surface area contributed by atoms with Gasteiger partial charge in [-0.25, -0.2) is 9.37 Å². The van der Waals surface area contributed by atoms with Gasteiger partial charge in [0, 0.05) is 17.8 Å². The van der Waals surface area contributed by atoms with Crippen molar-refractivity contribution in [2.75, 3.05) is 10.6 Å². The summed E-state index contributed by atoms with van der Waals surface area (Å²) in [4.78, 5) is 16.6. The SMILES string of the molecule is CCc1ccccc1NC(=O)c1ccc(NCc2ccccc2F)cn1. The summed E-state index contributed by atoms with van der Waals surface area (Å²) in [5.74, 6) is -0.509. The Bertz CT molecular complexity index is 894. The number of aryl methyl sites for hydroxylation is 1. The van der Waals surface area contributed by atoms with E-state index >= 15 is 0 Å². The van der Waals surface area contributed by atoms with Gasteiger partial charge in [-0.3, -0.25) is 4.79 Å². The summed E-state index contributed by atoms with van der Waals surface area (Å²) in [6, 6.07) is 17.7. The fraction of sp³-hybridized carbons (Fsp3) is 0.143. The molecule has 3 aromatic rings. The average molecular weight is 349 g/mol. The first-order valence-corrected chi connectivity index (χ1v) is 8.50. The summed E-state index contributed by atoms with van der Waals surface area (Å²) in [6.07, 6.45) is 2.41. The molecule has 1 amide bonds. The minimum atomic E-state index is -0.258. The molecule has 0 saturated heterocycles. The van der Waals surface area contributed by atoms with E-state index in [9.17, 15) is 9.18 Å². The van der Waals surface area contributed by atoms with Gasteiger partial charge in [0.1, 0.15) is 11.5 Å². The van der Waals surface area contributed by atoms with Crippen LogP contribution in [0.25, 0.3) is 0 Å². The number of para-hydroxylation sites is 1. The van der Waals surface area contributed by atoms with Crippen LogP contribution in [0.1, 0.15) is 28.5 Å². The maximum Gasteiger partial charge on any atom is 0.274 e. The zero-order chi connectivity index (χ0) is 18.4. The van der Waals surface area contributed by atoms with Crippen LogP contribution in [0.3, 0.4) is 0 Å². The summed E-state index contributed by atoms with van der Waals surface area (Å²) in [5, 5.41) is 5.99. The lowest BCUT2D eigenvalue weighted by Crippen LogP contribution is -2.15. The van der Waals surface area contributed by atoms with Gasteiger partial charge >= 0.3 is 0 Å². The lowest BCUT2D eigenvalue weighted by Gasteiger charge is -2.10. The second-order valence-corrected chi connectivity index (χ2v) is 5.84. The number of nitrogens with zero attached hydrogens (tertiary/aromatic N) is 1. The molecule has 26 heavy (non-hydrogen) atoms. The molecule has 0 unspecified atom stereocenters. The van der Waals surface area contributed by atoms with Crippen LogP contribution in [0, 0.1) is 5.82 Å². The van der Waals surface area contributed by atoms with Gasteiger partial charge in [-0.1, -0.05) is 43.3 Å². The van der Waals surface area contributed by atoms with E-state index in [0.717, 1.165) is 23.4 Å². The van der Waals surface area contributed by atoms with Gasteiger partial charge in [0.05, 0.1) is 11.9 Å². The Morgan fingerprint density at radius 2 is 1.73 bits per heavy atom. The quantitative estimate of drug-likeness (QED) is 0.681. The molecule has 4 nitrogen and oxygen atoms in total. The van der Waals surface area contributed by atoms with Crippen molar-refractivity contribution in [3.05, 3.63) is 89.5 Å². The topological polar surface area (TPSA) is 54.0 Å². The minimum Gasteiger partial charge on any atom is -0.380 e. The van der Waals surface area contributed by atoms with Crippen LogP contribution >= 0.6 is 0 Å². The van der Waals surface area contributed by atoms with Gasteiger partial charge in [-0.05, 0) is 36.2 Å². The highest BCUT2D eigenvalue weighted by molar-refractivity contribution is 6.03. The standard InChI is InChI=1S/C21H20FN3O/c1-2-15-7-4-6-10-19(15)25-21(26)20-12-11-17(14-24-20)23-13-16-8-3-5-9-18(16)22/h3-12,14,23H,2,13H2,1H3,(H,25,26). The van der Waals surface area contributed by atoms with E-state index in [1.165, 1.54) is 6.07 Å². The Morgan fingerprint density at radius 3 is 2.42 bits per heavy atom. The normalized spacial score (nSPS) is 10.4. The van der Waals surface area contributed by atoms with Crippen molar-refractivity contribution in [2.24, 2.45) is 0 Å². The summed E-state index contributed by atoms with van der Waals surface area (Å²) in [7, 11) is 0. The minimum absolute atomic E-state index is 0.251. The van der Waals surface area contributed by atoms with Crippen LogP contribution in [-0.2, 0) is 13.0 Å². The lowest BCUT2D eigenvalue weighted by molar-refractivity contribution is 0.102. The van der Waals surface area contributed by atoms with Gasteiger partial charge in [-0.15, -0.1) is 0 Å². The predicted molar refractivity (Wildman–Crippen MR) is 102 cm³/mol. The molecule has 2 N–H and O–H groups in total. The molecule has 3 rings (SSSR count). The number of carbonyl (C=O) groups is 1. The third-order valence-corrected chi connectivity index (χ3v) is 4.08. The molecule has 0 aliphatic rings. The van der Waals surface area contributed by atoms with E-state index < -0.39 is 0 Å². The van der Waals surface area contributed by atoms with Gasteiger partial charge in [0.2, 0.25) is 0 Å². The van der Waals surface area contributed by atoms with Crippen molar-refractivity contribution in [1.29, 1.82) is 0 Å². The van der Waals surface area contributed by atoms with Gasteiger partial charge in [-0.2, -0.15) is 0 Å². The number of anilines is 2. The molecule has 0 radical (unpaired) electrons. The number of pyridine rings is 1. The Hall–Kier alpha value is -3.21. The van der Waals surface area contributed by atoms with Crippen LogP contribution in [0.2, 0.25) is 0 Å². The van der Waals surface area contributed by atoms with Crippen molar-refractivity contribution in [1.82, 2.24) is 4.98 Å². The molecule has 0 spiro atoms. The van der Waals surface area contributed by atoms with E-state index in [1.807, 2.05) is 31.2 Å². The van der Waals surface area contributed by atoms with E-state index in [1.54, 1.807) is 36.5 Å². The number of benzene rings is 2. The van der Waals surface area contributed by atoms with Crippen molar-refractivity contribution >= 4 is 17.3 Å². The van der Waals surface area contributed by atoms with Crippen molar-refractivity contribution in [2.45, 2.75) is 19.9 Å². The molecular formula is C21H20FN3O. The molecule has 0 bridgehead atoms. The molecule has 1 heterocycles. The number of hydrogen-bond acceptors (Lipinski definition) is 3. The number of carbonyl (C=O) groups excluding carboxylic acids is 1. The summed E-state index contributed by atoms with van der Waals surface area (Å²) in [5.41, 5.74) is 3.49. The molecule has 2 aromatic carbocycles. The zero-order valence-corrected chi connectivity index (χ0v) is 14.5. The number of halogens is 1. The van der Waals surface area contributed by atoms with E-state index in [0.29, 0.717) is 17.8 Å².